The fraction of sp³-hybridized carbons (Fsp3) is 0.120. The Hall–Kier alpha value is -3.26. The Bertz CT molecular complexity index is 1070. The quantitative estimate of drug-likeness (QED) is 0.456. The van der Waals surface area contributed by atoms with Gasteiger partial charge in [0.2, 0.25) is 0 Å². The van der Waals surface area contributed by atoms with E-state index < -0.39 is 0 Å². The molecule has 2 heteroatoms. The minimum atomic E-state index is 1.07. The van der Waals surface area contributed by atoms with Crippen LogP contribution in [0.3, 0.4) is 0 Å². The Kier molecular flexibility index (Phi) is 4.02. The summed E-state index contributed by atoms with van der Waals surface area (Å²) in [5, 5.41) is 0. The van der Waals surface area contributed by atoms with E-state index in [9.17, 15) is 0 Å². The van der Waals surface area contributed by atoms with Crippen LogP contribution < -0.4 is 0 Å². The largest absolute Gasteiger partial charge is 0.264 e. The second-order valence-electron chi connectivity index (χ2n) is 6.97. The summed E-state index contributed by atoms with van der Waals surface area (Å²) in [6.07, 6.45) is 7.12. The highest BCUT2D eigenvalue weighted by Crippen LogP contribution is 2.42. The number of hydrogen-bond donors (Lipinski definition) is 0. The van der Waals surface area contributed by atoms with Crippen LogP contribution in [-0.2, 0) is 12.8 Å². The first-order chi connectivity index (χ1) is 13.4. The van der Waals surface area contributed by atoms with Crippen molar-refractivity contribution in [2.45, 2.75) is 19.3 Å². The van der Waals surface area contributed by atoms with E-state index in [1.165, 1.54) is 28.7 Å². The topological polar surface area (TPSA) is 25.8 Å². The lowest BCUT2D eigenvalue weighted by Gasteiger charge is -2.18. The van der Waals surface area contributed by atoms with E-state index in [1.54, 1.807) is 0 Å². The smallest absolute Gasteiger partial charge is 0.0790 e. The summed E-state index contributed by atoms with van der Waals surface area (Å²) in [5.41, 5.74) is 9.82. The highest BCUT2D eigenvalue weighted by Gasteiger charge is 2.25. The molecule has 0 amide bonds. The lowest BCUT2D eigenvalue weighted by Crippen LogP contribution is -2.01. The summed E-state index contributed by atoms with van der Waals surface area (Å²) in [4.78, 5) is 9.55. The van der Waals surface area contributed by atoms with Gasteiger partial charge in [0.15, 0.2) is 0 Å². The Labute approximate surface area is 159 Å². The number of benzene rings is 2. The molecule has 0 N–H and O–H groups in total. The van der Waals surface area contributed by atoms with Crippen LogP contribution in [0.25, 0.3) is 33.6 Å². The lowest BCUT2D eigenvalue weighted by molar-refractivity contribution is 0.912. The summed E-state index contributed by atoms with van der Waals surface area (Å²) in [6.45, 7) is 0. The highest BCUT2D eigenvalue weighted by atomic mass is 14.7. The molecule has 0 saturated carbocycles. The van der Waals surface area contributed by atoms with Gasteiger partial charge in [-0.3, -0.25) is 4.98 Å². The Morgan fingerprint density at radius 2 is 1.26 bits per heavy atom. The van der Waals surface area contributed by atoms with Crippen molar-refractivity contribution in [3.63, 3.8) is 0 Å². The minimum absolute atomic E-state index is 1.07. The van der Waals surface area contributed by atoms with Crippen LogP contribution in [0.15, 0.2) is 85.2 Å². The molecule has 2 heterocycles. The van der Waals surface area contributed by atoms with Gasteiger partial charge in [-0.2, -0.15) is 0 Å². The maximum Gasteiger partial charge on any atom is 0.0790 e. The van der Waals surface area contributed by atoms with E-state index in [2.05, 4.69) is 71.7 Å². The summed E-state index contributed by atoms with van der Waals surface area (Å²) in [7, 11) is 0. The first-order valence-corrected chi connectivity index (χ1v) is 9.49. The van der Waals surface area contributed by atoms with E-state index in [-0.39, 0.29) is 0 Å². The van der Waals surface area contributed by atoms with Gasteiger partial charge in [-0.25, -0.2) is 4.98 Å². The molecule has 0 atom stereocenters. The van der Waals surface area contributed by atoms with Gasteiger partial charge in [0.25, 0.3) is 0 Å². The standard InChI is InChI=1S/C25H20N2/c1-3-9-18(10-4-1)23-21-14-7-15-22(21)24(20-13-8-16-26-17-20)27-25(23)19-11-5-2-6-12-19/h1-6,8-13,16-17H,7,14-15H2. The molecule has 5 rings (SSSR count). The maximum absolute atomic E-state index is 5.22. The zero-order valence-corrected chi connectivity index (χ0v) is 15.1. The number of fused-ring (bicyclic) bond motifs is 1. The van der Waals surface area contributed by atoms with Gasteiger partial charge in [-0.05, 0) is 48.1 Å². The van der Waals surface area contributed by atoms with Crippen LogP contribution in [0.2, 0.25) is 0 Å². The molecule has 0 unspecified atom stereocenters. The van der Waals surface area contributed by atoms with Crippen molar-refractivity contribution in [3.8, 4) is 33.6 Å². The van der Waals surface area contributed by atoms with Crippen LogP contribution in [0.5, 0.6) is 0 Å². The third-order valence-corrected chi connectivity index (χ3v) is 5.31. The monoisotopic (exact) mass is 348 g/mol. The Morgan fingerprint density at radius 3 is 1.96 bits per heavy atom. The van der Waals surface area contributed by atoms with Gasteiger partial charge in [-0.15, -0.1) is 0 Å². The number of nitrogens with zero attached hydrogens (tertiary/aromatic N) is 2. The number of hydrogen-bond acceptors (Lipinski definition) is 2. The molecular formula is C25H20N2. The van der Waals surface area contributed by atoms with Crippen molar-refractivity contribution in [1.29, 1.82) is 0 Å². The van der Waals surface area contributed by atoms with Crippen molar-refractivity contribution in [2.24, 2.45) is 0 Å². The summed E-state index contributed by atoms with van der Waals surface area (Å²) in [6, 6.07) is 25.3. The normalized spacial score (nSPS) is 12.7. The van der Waals surface area contributed by atoms with Gasteiger partial charge >= 0.3 is 0 Å². The third kappa shape index (κ3) is 2.83. The van der Waals surface area contributed by atoms with Gasteiger partial charge in [-0.1, -0.05) is 60.7 Å². The van der Waals surface area contributed by atoms with Gasteiger partial charge < -0.3 is 0 Å². The SMILES string of the molecule is c1ccc(-c2nc(-c3cccnc3)c3c(c2-c2ccccc2)CCC3)cc1. The summed E-state index contributed by atoms with van der Waals surface area (Å²) < 4.78 is 0. The molecule has 4 aromatic rings. The molecule has 0 saturated heterocycles. The fourth-order valence-electron chi connectivity index (χ4n) is 4.12. The predicted octanol–water partition coefficient (Wildman–Crippen LogP) is 5.97. The fourth-order valence-corrected chi connectivity index (χ4v) is 4.12. The van der Waals surface area contributed by atoms with Crippen molar-refractivity contribution >= 4 is 0 Å². The number of rotatable bonds is 3. The van der Waals surface area contributed by atoms with Crippen molar-refractivity contribution in [2.75, 3.05) is 0 Å². The number of aromatic nitrogens is 2. The Morgan fingerprint density at radius 1 is 0.593 bits per heavy atom. The Balaban J connectivity index is 1.85. The van der Waals surface area contributed by atoms with Crippen molar-refractivity contribution in [3.05, 3.63) is 96.3 Å². The molecule has 2 aromatic carbocycles. The summed E-state index contributed by atoms with van der Waals surface area (Å²) >= 11 is 0. The molecule has 27 heavy (non-hydrogen) atoms. The molecule has 130 valence electrons. The zero-order valence-electron chi connectivity index (χ0n) is 15.1. The van der Waals surface area contributed by atoms with E-state index in [0.717, 1.165) is 35.4 Å². The average molecular weight is 348 g/mol. The van der Waals surface area contributed by atoms with Crippen LogP contribution >= 0.6 is 0 Å². The van der Waals surface area contributed by atoms with Crippen LogP contribution in [0.1, 0.15) is 17.5 Å². The molecular weight excluding hydrogens is 328 g/mol. The van der Waals surface area contributed by atoms with Crippen molar-refractivity contribution in [1.82, 2.24) is 9.97 Å². The average Bonchev–Trinajstić information content (AvgIpc) is 3.24. The number of pyridine rings is 2. The second-order valence-corrected chi connectivity index (χ2v) is 6.97. The van der Waals surface area contributed by atoms with Gasteiger partial charge in [0.05, 0.1) is 11.4 Å². The molecule has 1 aliphatic rings. The van der Waals surface area contributed by atoms with Gasteiger partial charge in [0.1, 0.15) is 0 Å². The van der Waals surface area contributed by atoms with Crippen LogP contribution in [-0.4, -0.2) is 9.97 Å². The van der Waals surface area contributed by atoms with Crippen LogP contribution in [0, 0.1) is 0 Å². The molecule has 0 aliphatic heterocycles. The van der Waals surface area contributed by atoms with E-state index in [4.69, 9.17) is 4.98 Å². The minimum Gasteiger partial charge on any atom is -0.264 e. The molecule has 0 radical (unpaired) electrons. The van der Waals surface area contributed by atoms with Gasteiger partial charge in [0, 0.05) is 29.1 Å². The maximum atomic E-state index is 5.22. The predicted molar refractivity (Wildman–Crippen MR) is 110 cm³/mol. The van der Waals surface area contributed by atoms with Crippen molar-refractivity contribution < 1.29 is 0 Å². The third-order valence-electron chi connectivity index (χ3n) is 5.31. The van der Waals surface area contributed by atoms with Crippen LogP contribution in [0.4, 0.5) is 0 Å². The lowest BCUT2D eigenvalue weighted by atomic mass is 9.90. The first-order valence-electron chi connectivity index (χ1n) is 9.49. The van der Waals surface area contributed by atoms with E-state index in [1.807, 2.05) is 18.5 Å². The molecule has 0 fully saturated rings. The first kappa shape index (κ1) is 16.0. The summed E-state index contributed by atoms with van der Waals surface area (Å²) in [5.74, 6) is 0. The van der Waals surface area contributed by atoms with E-state index in [0.29, 0.717) is 0 Å². The molecule has 2 aromatic heterocycles. The molecule has 1 aliphatic carbocycles. The molecule has 0 spiro atoms. The van der Waals surface area contributed by atoms with E-state index >= 15 is 0 Å². The second kappa shape index (κ2) is 6.81. The zero-order chi connectivity index (χ0) is 18.1. The molecule has 2 nitrogen and oxygen atoms in total. The molecule has 0 bridgehead atoms. The highest BCUT2D eigenvalue weighted by molar-refractivity contribution is 5.87.